The van der Waals surface area contributed by atoms with Crippen molar-refractivity contribution in [3.05, 3.63) is 65.7 Å². The molecule has 2 amide bonds. The highest BCUT2D eigenvalue weighted by atomic mass is 16.2. The van der Waals surface area contributed by atoms with Gasteiger partial charge in [-0.1, -0.05) is 71.9 Å². The first-order chi connectivity index (χ1) is 13.9. The van der Waals surface area contributed by atoms with Crippen LogP contribution in [-0.4, -0.2) is 17.6 Å². The second kappa shape index (κ2) is 9.08. The van der Waals surface area contributed by atoms with E-state index in [9.17, 15) is 14.4 Å². The topological polar surface area (TPSA) is 75.3 Å². The molecule has 2 N–H and O–H groups in total. The summed E-state index contributed by atoms with van der Waals surface area (Å²) in [5, 5.41) is 5.71. The molecule has 5 heteroatoms. The molecular formula is C25H30N2O3. The van der Waals surface area contributed by atoms with Crippen LogP contribution in [0.1, 0.15) is 57.5 Å². The molecule has 0 aromatic heterocycles. The summed E-state index contributed by atoms with van der Waals surface area (Å²) < 4.78 is 0. The Balaban J connectivity index is 2.11. The predicted molar refractivity (Wildman–Crippen MR) is 122 cm³/mol. The Morgan fingerprint density at radius 1 is 0.733 bits per heavy atom. The molecule has 0 heterocycles. The Bertz CT molecular complexity index is 976. The van der Waals surface area contributed by atoms with E-state index in [1.54, 1.807) is 30.3 Å². The molecular weight excluding hydrogens is 376 g/mol. The number of allylic oxidation sites excluding steroid dienone is 1. The summed E-state index contributed by atoms with van der Waals surface area (Å²) in [7, 11) is 0. The lowest BCUT2D eigenvalue weighted by Gasteiger charge is -2.17. The largest absolute Gasteiger partial charge is 0.326 e. The molecule has 0 bridgehead atoms. The van der Waals surface area contributed by atoms with Crippen LogP contribution in [0.4, 0.5) is 11.4 Å². The van der Waals surface area contributed by atoms with E-state index < -0.39 is 10.8 Å². The third kappa shape index (κ3) is 6.69. The number of nitrogens with one attached hydrogen (secondary N) is 2. The van der Waals surface area contributed by atoms with E-state index in [2.05, 4.69) is 10.6 Å². The van der Waals surface area contributed by atoms with Crippen LogP contribution in [0.25, 0.3) is 6.08 Å². The van der Waals surface area contributed by atoms with Crippen LogP contribution in [0.15, 0.2) is 54.6 Å². The van der Waals surface area contributed by atoms with E-state index in [0.717, 1.165) is 5.56 Å². The van der Waals surface area contributed by atoms with Gasteiger partial charge in [0.1, 0.15) is 0 Å². The van der Waals surface area contributed by atoms with Gasteiger partial charge >= 0.3 is 0 Å². The number of amides is 2. The van der Waals surface area contributed by atoms with E-state index in [4.69, 9.17) is 0 Å². The lowest BCUT2D eigenvalue weighted by Crippen LogP contribution is -2.27. The van der Waals surface area contributed by atoms with E-state index in [-0.39, 0.29) is 17.6 Å². The molecule has 0 fully saturated rings. The molecule has 2 rings (SSSR count). The summed E-state index contributed by atoms with van der Waals surface area (Å²) in [6.45, 7) is 11.0. The summed E-state index contributed by atoms with van der Waals surface area (Å²) in [6.07, 6.45) is 3.19. The third-order valence-electron chi connectivity index (χ3n) is 4.34. The zero-order chi connectivity index (χ0) is 22.5. The van der Waals surface area contributed by atoms with Crippen LogP contribution < -0.4 is 10.6 Å². The highest BCUT2D eigenvalue weighted by Gasteiger charge is 2.22. The van der Waals surface area contributed by atoms with Gasteiger partial charge < -0.3 is 10.6 Å². The van der Waals surface area contributed by atoms with Crippen LogP contribution in [0.3, 0.4) is 0 Å². The first kappa shape index (κ1) is 23.1. The van der Waals surface area contributed by atoms with Crippen molar-refractivity contribution >= 4 is 35.0 Å². The van der Waals surface area contributed by atoms with Crippen LogP contribution in [-0.2, 0) is 9.59 Å². The number of hydrogen-bond donors (Lipinski definition) is 2. The molecule has 158 valence electrons. The number of carbonyl (C=O) groups excluding carboxylic acids is 3. The minimum absolute atomic E-state index is 0.0752. The fourth-order valence-corrected chi connectivity index (χ4v) is 2.38. The number of hydrogen-bond acceptors (Lipinski definition) is 3. The Hall–Kier alpha value is -3.21. The van der Waals surface area contributed by atoms with E-state index >= 15 is 0 Å². The average molecular weight is 407 g/mol. The molecule has 2 aromatic rings. The molecule has 2 aromatic carbocycles. The van der Waals surface area contributed by atoms with E-state index in [1.807, 2.05) is 65.8 Å². The van der Waals surface area contributed by atoms with Crippen molar-refractivity contribution < 1.29 is 14.4 Å². The predicted octanol–water partition coefficient (Wildman–Crippen LogP) is 5.55. The fourth-order valence-electron chi connectivity index (χ4n) is 2.38. The highest BCUT2D eigenvalue weighted by molar-refractivity contribution is 6.08. The first-order valence-electron chi connectivity index (χ1n) is 9.92. The van der Waals surface area contributed by atoms with Gasteiger partial charge in [0.05, 0.1) is 0 Å². The van der Waals surface area contributed by atoms with Crippen LogP contribution in [0.2, 0.25) is 0 Å². The molecule has 30 heavy (non-hydrogen) atoms. The lowest BCUT2D eigenvalue weighted by atomic mass is 9.95. The summed E-state index contributed by atoms with van der Waals surface area (Å²) in [4.78, 5) is 36.9. The van der Waals surface area contributed by atoms with Crippen LogP contribution >= 0.6 is 0 Å². The standard InChI is InChI=1S/C25H30N2O3/c1-24(2,3)22(29)26-19-11-7-9-17(15-19)13-14-21(28)18-10-8-12-20(16-18)27-23(30)25(4,5)6/h7-16H,1-6H3,(H,26,29)(H,27,30). The fraction of sp³-hybridized carbons (Fsp3) is 0.320. The minimum atomic E-state index is -0.520. The maximum atomic E-state index is 12.6. The molecule has 0 radical (unpaired) electrons. The maximum Gasteiger partial charge on any atom is 0.229 e. The van der Waals surface area contributed by atoms with Crippen LogP contribution in [0.5, 0.6) is 0 Å². The second-order valence-corrected chi connectivity index (χ2v) is 9.31. The molecule has 5 nitrogen and oxygen atoms in total. The molecule has 0 aliphatic heterocycles. The Kier molecular flexibility index (Phi) is 6.98. The minimum Gasteiger partial charge on any atom is -0.326 e. The molecule has 0 aliphatic rings. The molecule has 0 saturated heterocycles. The normalized spacial score (nSPS) is 11.9. The molecule has 0 spiro atoms. The first-order valence-corrected chi connectivity index (χ1v) is 9.92. The monoisotopic (exact) mass is 406 g/mol. The summed E-state index contributed by atoms with van der Waals surface area (Å²) in [5.74, 6) is -0.364. The molecule has 0 saturated carbocycles. The maximum absolute atomic E-state index is 12.6. The van der Waals surface area contributed by atoms with E-state index in [1.165, 1.54) is 6.08 Å². The summed E-state index contributed by atoms with van der Waals surface area (Å²) in [5.41, 5.74) is 1.53. The van der Waals surface area contributed by atoms with Crippen molar-refractivity contribution in [2.45, 2.75) is 41.5 Å². The van der Waals surface area contributed by atoms with Gasteiger partial charge in [-0.15, -0.1) is 0 Å². The van der Waals surface area contributed by atoms with E-state index in [0.29, 0.717) is 16.9 Å². The Labute approximate surface area is 178 Å². The zero-order valence-electron chi connectivity index (χ0n) is 18.5. The van der Waals surface area contributed by atoms with Gasteiger partial charge in [-0.3, -0.25) is 14.4 Å². The number of ketones is 1. The average Bonchev–Trinajstić information content (AvgIpc) is 2.65. The van der Waals surface area contributed by atoms with Gasteiger partial charge in [-0.05, 0) is 35.9 Å². The van der Waals surface area contributed by atoms with Crippen LogP contribution in [0, 0.1) is 10.8 Å². The number of rotatable bonds is 5. The quantitative estimate of drug-likeness (QED) is 0.505. The molecule has 0 unspecified atom stereocenters. The van der Waals surface area contributed by atoms with Crippen molar-refractivity contribution in [3.63, 3.8) is 0 Å². The van der Waals surface area contributed by atoms with Gasteiger partial charge in [0, 0.05) is 27.8 Å². The zero-order valence-corrected chi connectivity index (χ0v) is 18.5. The van der Waals surface area contributed by atoms with Crippen molar-refractivity contribution in [2.24, 2.45) is 10.8 Å². The lowest BCUT2D eigenvalue weighted by molar-refractivity contribution is -0.123. The van der Waals surface area contributed by atoms with Crippen molar-refractivity contribution in [1.82, 2.24) is 0 Å². The van der Waals surface area contributed by atoms with Gasteiger partial charge in [0.15, 0.2) is 5.78 Å². The third-order valence-corrected chi connectivity index (χ3v) is 4.34. The smallest absolute Gasteiger partial charge is 0.229 e. The van der Waals surface area contributed by atoms with Crippen molar-refractivity contribution in [1.29, 1.82) is 0 Å². The summed E-state index contributed by atoms with van der Waals surface area (Å²) >= 11 is 0. The summed E-state index contributed by atoms with van der Waals surface area (Å²) in [6, 6.07) is 14.2. The SMILES string of the molecule is CC(C)(C)C(=O)Nc1cccc(C=CC(=O)c2cccc(NC(=O)C(C)(C)C)c2)c1. The molecule has 0 atom stereocenters. The van der Waals surface area contributed by atoms with Gasteiger partial charge in [-0.2, -0.15) is 0 Å². The number of carbonyl (C=O) groups is 3. The second-order valence-electron chi connectivity index (χ2n) is 9.31. The molecule has 0 aliphatic carbocycles. The van der Waals surface area contributed by atoms with Gasteiger partial charge in [-0.25, -0.2) is 0 Å². The Morgan fingerprint density at radius 2 is 1.23 bits per heavy atom. The highest BCUT2D eigenvalue weighted by Crippen LogP contribution is 2.20. The van der Waals surface area contributed by atoms with Gasteiger partial charge in [0.2, 0.25) is 11.8 Å². The van der Waals surface area contributed by atoms with Crippen molar-refractivity contribution in [2.75, 3.05) is 10.6 Å². The van der Waals surface area contributed by atoms with Crippen molar-refractivity contribution in [3.8, 4) is 0 Å². The van der Waals surface area contributed by atoms with Gasteiger partial charge in [0.25, 0.3) is 0 Å². The number of anilines is 2. The number of benzene rings is 2. The Morgan fingerprint density at radius 3 is 1.77 bits per heavy atom.